The van der Waals surface area contributed by atoms with Crippen LogP contribution < -0.4 is 0 Å². The second-order valence-corrected chi connectivity index (χ2v) is 5.89. The van der Waals surface area contributed by atoms with E-state index >= 15 is 0 Å². The first-order valence-electron chi connectivity index (χ1n) is 6.99. The largest absolute Gasteiger partial charge is 0.416 e. The van der Waals surface area contributed by atoms with E-state index in [4.69, 9.17) is 0 Å². The van der Waals surface area contributed by atoms with Crippen molar-refractivity contribution in [1.82, 2.24) is 4.98 Å². The van der Waals surface area contributed by atoms with Crippen LogP contribution in [0, 0.1) is 5.82 Å². The van der Waals surface area contributed by atoms with Gasteiger partial charge in [0.2, 0.25) is 0 Å². The Morgan fingerprint density at radius 1 is 0.917 bits per heavy atom. The van der Waals surface area contributed by atoms with Crippen LogP contribution in [0.1, 0.15) is 16.1 Å². The SMILES string of the molecule is Fc1ccc(-c2csc(/C=C/c3ccccc3C(F)(F)F)n2)cc1. The lowest BCUT2D eigenvalue weighted by atomic mass is 10.1. The molecule has 2 aromatic carbocycles. The Labute approximate surface area is 139 Å². The van der Waals surface area contributed by atoms with E-state index in [1.165, 1.54) is 41.7 Å². The van der Waals surface area contributed by atoms with Crippen LogP contribution in [0.15, 0.2) is 53.9 Å². The monoisotopic (exact) mass is 349 g/mol. The van der Waals surface area contributed by atoms with Crippen molar-refractivity contribution >= 4 is 23.5 Å². The highest BCUT2D eigenvalue weighted by atomic mass is 32.1. The number of aromatic nitrogens is 1. The highest BCUT2D eigenvalue weighted by molar-refractivity contribution is 7.10. The number of nitrogens with zero attached hydrogens (tertiary/aromatic N) is 1. The van der Waals surface area contributed by atoms with Gasteiger partial charge in [0.05, 0.1) is 11.3 Å². The van der Waals surface area contributed by atoms with E-state index in [9.17, 15) is 17.6 Å². The molecule has 0 amide bonds. The predicted octanol–water partition coefficient (Wildman–Crippen LogP) is 6.14. The van der Waals surface area contributed by atoms with Gasteiger partial charge in [0, 0.05) is 10.9 Å². The van der Waals surface area contributed by atoms with Gasteiger partial charge in [-0.3, -0.25) is 0 Å². The van der Waals surface area contributed by atoms with Gasteiger partial charge in [0.1, 0.15) is 10.8 Å². The van der Waals surface area contributed by atoms with Gasteiger partial charge in [-0.05, 0) is 42.0 Å². The molecule has 0 spiro atoms. The van der Waals surface area contributed by atoms with Gasteiger partial charge in [-0.15, -0.1) is 11.3 Å². The highest BCUT2D eigenvalue weighted by Gasteiger charge is 2.32. The summed E-state index contributed by atoms with van der Waals surface area (Å²) in [5.74, 6) is -0.335. The third-order valence-electron chi connectivity index (χ3n) is 3.33. The number of hydrogen-bond donors (Lipinski definition) is 0. The molecule has 0 atom stereocenters. The van der Waals surface area contributed by atoms with Crippen molar-refractivity contribution in [1.29, 1.82) is 0 Å². The van der Waals surface area contributed by atoms with Crippen LogP contribution in [0.3, 0.4) is 0 Å². The normalized spacial score (nSPS) is 12.0. The molecular formula is C18H11F4NS. The van der Waals surface area contributed by atoms with E-state index < -0.39 is 11.7 Å². The molecule has 1 aromatic heterocycles. The topological polar surface area (TPSA) is 12.9 Å². The average Bonchev–Trinajstić information content (AvgIpc) is 3.02. The summed E-state index contributed by atoms with van der Waals surface area (Å²) in [6.07, 6.45) is -1.46. The van der Waals surface area contributed by atoms with Crippen molar-refractivity contribution in [2.45, 2.75) is 6.18 Å². The molecule has 0 saturated carbocycles. The molecule has 122 valence electrons. The van der Waals surface area contributed by atoms with Crippen LogP contribution in [0.5, 0.6) is 0 Å². The standard InChI is InChI=1S/C18H11F4NS/c19-14-8-5-13(6-9-14)16-11-24-17(23-16)10-7-12-3-1-2-4-15(12)18(20,21)22/h1-11H/b10-7+. The Hall–Kier alpha value is -2.47. The molecule has 0 fully saturated rings. The molecule has 3 rings (SSSR count). The Balaban J connectivity index is 1.85. The first kappa shape index (κ1) is 16.4. The van der Waals surface area contributed by atoms with E-state index in [2.05, 4.69) is 4.98 Å². The van der Waals surface area contributed by atoms with Crippen molar-refractivity contribution < 1.29 is 17.6 Å². The number of hydrogen-bond acceptors (Lipinski definition) is 2. The predicted molar refractivity (Wildman–Crippen MR) is 87.9 cm³/mol. The molecule has 0 aliphatic heterocycles. The first-order chi connectivity index (χ1) is 11.4. The van der Waals surface area contributed by atoms with Crippen LogP contribution >= 0.6 is 11.3 Å². The van der Waals surface area contributed by atoms with Crippen molar-refractivity contribution in [2.75, 3.05) is 0 Å². The number of rotatable bonds is 3. The van der Waals surface area contributed by atoms with Crippen molar-refractivity contribution in [3.63, 3.8) is 0 Å². The summed E-state index contributed by atoms with van der Waals surface area (Å²) in [6, 6.07) is 11.3. The zero-order valence-corrected chi connectivity index (χ0v) is 13.0. The maximum atomic E-state index is 13.0. The van der Waals surface area contributed by atoms with E-state index in [0.717, 1.165) is 11.6 Å². The minimum absolute atomic E-state index is 0.0866. The maximum Gasteiger partial charge on any atom is 0.416 e. The summed E-state index contributed by atoms with van der Waals surface area (Å²) < 4.78 is 51.8. The van der Waals surface area contributed by atoms with Crippen LogP contribution in [0.25, 0.3) is 23.4 Å². The molecule has 3 aromatic rings. The Morgan fingerprint density at radius 3 is 2.33 bits per heavy atom. The summed E-state index contributed by atoms with van der Waals surface area (Å²) in [7, 11) is 0. The lowest BCUT2D eigenvalue weighted by Crippen LogP contribution is -2.06. The fraction of sp³-hybridized carbons (Fsp3) is 0.0556. The average molecular weight is 349 g/mol. The number of alkyl halides is 3. The smallest absolute Gasteiger partial charge is 0.237 e. The second kappa shape index (κ2) is 6.57. The third kappa shape index (κ3) is 3.71. The highest BCUT2D eigenvalue weighted by Crippen LogP contribution is 2.33. The molecule has 0 aliphatic rings. The maximum absolute atomic E-state index is 13.0. The summed E-state index contributed by atoms with van der Waals surface area (Å²) in [5, 5.41) is 2.36. The number of benzene rings is 2. The minimum atomic E-state index is -4.40. The van der Waals surface area contributed by atoms with E-state index in [-0.39, 0.29) is 11.4 Å². The number of halogens is 4. The summed E-state index contributed by atoms with van der Waals surface area (Å²) in [5.41, 5.74) is 0.812. The second-order valence-electron chi connectivity index (χ2n) is 5.00. The lowest BCUT2D eigenvalue weighted by molar-refractivity contribution is -0.137. The van der Waals surface area contributed by atoms with Crippen LogP contribution in [0.4, 0.5) is 17.6 Å². The fourth-order valence-corrected chi connectivity index (χ4v) is 2.90. The van der Waals surface area contributed by atoms with Gasteiger partial charge in [-0.25, -0.2) is 9.37 Å². The van der Waals surface area contributed by atoms with Gasteiger partial charge in [-0.1, -0.05) is 24.3 Å². The van der Waals surface area contributed by atoms with Crippen LogP contribution in [-0.2, 0) is 6.18 Å². The van der Waals surface area contributed by atoms with E-state index in [0.29, 0.717) is 10.7 Å². The molecule has 6 heteroatoms. The Kier molecular flexibility index (Phi) is 4.49. The van der Waals surface area contributed by atoms with Gasteiger partial charge in [-0.2, -0.15) is 13.2 Å². The number of thiazole rings is 1. The fourth-order valence-electron chi connectivity index (χ4n) is 2.18. The molecule has 0 saturated heterocycles. The third-order valence-corrected chi connectivity index (χ3v) is 4.14. The Bertz CT molecular complexity index is 863. The van der Waals surface area contributed by atoms with E-state index in [1.807, 2.05) is 0 Å². The summed E-state index contributed by atoms with van der Waals surface area (Å²) in [6.45, 7) is 0. The van der Waals surface area contributed by atoms with Crippen molar-refractivity contribution in [3.8, 4) is 11.3 Å². The zero-order chi connectivity index (χ0) is 17.2. The molecule has 24 heavy (non-hydrogen) atoms. The molecule has 0 radical (unpaired) electrons. The lowest BCUT2D eigenvalue weighted by Gasteiger charge is -2.09. The van der Waals surface area contributed by atoms with Gasteiger partial charge in [0.25, 0.3) is 0 Å². The van der Waals surface area contributed by atoms with Gasteiger partial charge >= 0.3 is 6.18 Å². The van der Waals surface area contributed by atoms with Crippen molar-refractivity contribution in [3.05, 3.63) is 75.9 Å². The quantitative estimate of drug-likeness (QED) is 0.518. The molecule has 0 N–H and O–H groups in total. The van der Waals surface area contributed by atoms with Gasteiger partial charge in [0.15, 0.2) is 0 Å². The molecule has 1 nitrogen and oxygen atoms in total. The van der Waals surface area contributed by atoms with Crippen LogP contribution in [-0.4, -0.2) is 4.98 Å². The van der Waals surface area contributed by atoms with Crippen molar-refractivity contribution in [2.24, 2.45) is 0 Å². The molecule has 0 unspecified atom stereocenters. The molecule has 1 heterocycles. The minimum Gasteiger partial charge on any atom is -0.237 e. The Morgan fingerprint density at radius 2 is 1.62 bits per heavy atom. The molecular weight excluding hydrogens is 338 g/mol. The first-order valence-corrected chi connectivity index (χ1v) is 7.87. The van der Waals surface area contributed by atoms with E-state index in [1.54, 1.807) is 29.7 Å². The molecule has 0 aliphatic carbocycles. The summed E-state index contributed by atoms with van der Waals surface area (Å²) >= 11 is 1.31. The molecule has 0 bridgehead atoms. The summed E-state index contributed by atoms with van der Waals surface area (Å²) in [4.78, 5) is 4.35. The van der Waals surface area contributed by atoms with Gasteiger partial charge < -0.3 is 0 Å². The zero-order valence-electron chi connectivity index (χ0n) is 12.2. The van der Waals surface area contributed by atoms with Crippen LogP contribution in [0.2, 0.25) is 0 Å².